The summed E-state index contributed by atoms with van der Waals surface area (Å²) >= 11 is 0. The molecule has 6 heteroatoms. The number of carbonyl (C=O) groups is 2. The van der Waals surface area contributed by atoms with Crippen LogP contribution in [0.5, 0.6) is 0 Å². The average Bonchev–Trinajstić information content (AvgIpc) is 2.62. The summed E-state index contributed by atoms with van der Waals surface area (Å²) in [5.74, 6) is -0.536. The number of amides is 3. The molecule has 0 aliphatic carbocycles. The van der Waals surface area contributed by atoms with Gasteiger partial charge in [-0.1, -0.05) is 37.3 Å². The molecule has 26 heavy (non-hydrogen) atoms. The Hall–Kier alpha value is -2.86. The molecular weight excluding hydrogens is 328 g/mol. The fourth-order valence-corrected chi connectivity index (χ4v) is 2.45. The molecule has 3 amide bonds. The molecule has 0 fully saturated rings. The predicted octanol–water partition coefficient (Wildman–Crippen LogP) is 3.49. The number of anilines is 2. The maximum atomic E-state index is 12.4. The maximum Gasteiger partial charge on any atom is 0.319 e. The molecule has 0 bridgehead atoms. The number of nitrogens with two attached hydrogens (primary N) is 1. The largest absolute Gasteiger partial charge is 0.336 e. The molecule has 0 saturated carbocycles. The molecule has 2 aromatic carbocycles. The van der Waals surface area contributed by atoms with E-state index in [1.807, 2.05) is 44.2 Å². The Labute approximate surface area is 154 Å². The number of benzene rings is 2. The minimum atomic E-state index is -0.382. The van der Waals surface area contributed by atoms with E-state index in [0.29, 0.717) is 11.4 Å². The first kappa shape index (κ1) is 19.5. The van der Waals surface area contributed by atoms with Gasteiger partial charge in [0.1, 0.15) is 0 Å². The van der Waals surface area contributed by atoms with Gasteiger partial charge >= 0.3 is 6.03 Å². The third kappa shape index (κ3) is 5.60. The monoisotopic (exact) mass is 354 g/mol. The Morgan fingerprint density at radius 2 is 1.38 bits per heavy atom. The second-order valence-electron chi connectivity index (χ2n) is 6.54. The van der Waals surface area contributed by atoms with Gasteiger partial charge in [-0.25, -0.2) is 4.79 Å². The Balaban J connectivity index is 1.93. The lowest BCUT2D eigenvalue weighted by molar-refractivity contribution is -0.120. The molecule has 2 rings (SSSR count). The van der Waals surface area contributed by atoms with E-state index in [9.17, 15) is 9.59 Å². The predicted molar refractivity (Wildman–Crippen MR) is 105 cm³/mol. The zero-order valence-electron chi connectivity index (χ0n) is 15.3. The average molecular weight is 354 g/mol. The van der Waals surface area contributed by atoms with Crippen LogP contribution >= 0.6 is 0 Å². The van der Waals surface area contributed by atoms with Crippen molar-refractivity contribution >= 4 is 23.3 Å². The number of carbonyl (C=O) groups excluding carboxylic acids is 2. The lowest BCUT2D eigenvalue weighted by atomic mass is 9.94. The van der Waals surface area contributed by atoms with Crippen LogP contribution in [0, 0.1) is 5.92 Å². The summed E-state index contributed by atoms with van der Waals surface area (Å²) < 4.78 is 0. The van der Waals surface area contributed by atoms with Crippen molar-refractivity contribution in [1.82, 2.24) is 5.32 Å². The molecule has 0 heterocycles. The van der Waals surface area contributed by atoms with Gasteiger partial charge in [0.15, 0.2) is 0 Å². The third-order valence-corrected chi connectivity index (χ3v) is 3.97. The van der Waals surface area contributed by atoms with E-state index in [1.165, 1.54) is 0 Å². The molecule has 2 aromatic rings. The van der Waals surface area contributed by atoms with Crippen molar-refractivity contribution in [2.75, 3.05) is 10.6 Å². The summed E-state index contributed by atoms with van der Waals surface area (Å²) in [6.07, 6.45) is 0. The van der Waals surface area contributed by atoms with E-state index in [2.05, 4.69) is 16.0 Å². The first-order valence-electron chi connectivity index (χ1n) is 8.66. The fourth-order valence-electron chi connectivity index (χ4n) is 2.45. The number of hydrogen-bond donors (Lipinski definition) is 4. The SMILES string of the molecule is CC(C)NC(=O)Nc1ccc(NC(=O)C(C)C(N)c2ccccc2)cc1. The van der Waals surface area contributed by atoms with Crippen LogP contribution in [0.2, 0.25) is 0 Å². The topological polar surface area (TPSA) is 96.2 Å². The standard InChI is InChI=1S/C20H26N4O2/c1-13(2)22-20(26)24-17-11-9-16(10-12-17)23-19(25)14(3)18(21)15-7-5-4-6-8-15/h4-14,18H,21H2,1-3H3,(H,23,25)(H2,22,24,26). The number of urea groups is 1. The fraction of sp³-hybridized carbons (Fsp3) is 0.300. The van der Waals surface area contributed by atoms with Gasteiger partial charge in [0.05, 0.1) is 5.92 Å². The van der Waals surface area contributed by atoms with E-state index in [1.54, 1.807) is 31.2 Å². The zero-order valence-corrected chi connectivity index (χ0v) is 15.3. The Bertz CT molecular complexity index is 729. The van der Waals surface area contributed by atoms with Gasteiger partial charge in [-0.15, -0.1) is 0 Å². The first-order valence-corrected chi connectivity index (χ1v) is 8.66. The first-order chi connectivity index (χ1) is 12.4. The molecule has 0 aromatic heterocycles. The van der Waals surface area contributed by atoms with Crippen LogP contribution in [0.15, 0.2) is 54.6 Å². The summed E-state index contributed by atoms with van der Waals surface area (Å²) in [6.45, 7) is 5.58. The van der Waals surface area contributed by atoms with Gasteiger partial charge in [0.25, 0.3) is 0 Å². The van der Waals surface area contributed by atoms with Gasteiger partial charge in [-0.05, 0) is 43.7 Å². The minimum absolute atomic E-state index is 0.0591. The van der Waals surface area contributed by atoms with E-state index in [4.69, 9.17) is 5.73 Å². The highest BCUT2D eigenvalue weighted by atomic mass is 16.2. The second-order valence-corrected chi connectivity index (χ2v) is 6.54. The molecule has 5 N–H and O–H groups in total. The summed E-state index contributed by atoms with van der Waals surface area (Å²) in [6, 6.07) is 15.9. The highest BCUT2D eigenvalue weighted by molar-refractivity contribution is 5.94. The number of hydrogen-bond acceptors (Lipinski definition) is 3. The molecule has 0 spiro atoms. The van der Waals surface area contributed by atoms with Crippen LogP contribution in [0.3, 0.4) is 0 Å². The third-order valence-electron chi connectivity index (χ3n) is 3.97. The van der Waals surface area contributed by atoms with Crippen molar-refractivity contribution in [2.24, 2.45) is 11.7 Å². The summed E-state index contributed by atoms with van der Waals surface area (Å²) in [7, 11) is 0. The van der Waals surface area contributed by atoms with Crippen LogP contribution in [0.4, 0.5) is 16.2 Å². The van der Waals surface area contributed by atoms with Gasteiger partial charge in [-0.2, -0.15) is 0 Å². The van der Waals surface area contributed by atoms with Crippen LogP contribution in [0.1, 0.15) is 32.4 Å². The number of rotatable bonds is 6. The Kier molecular flexibility index (Phi) is 6.74. The van der Waals surface area contributed by atoms with Gasteiger partial charge in [0, 0.05) is 23.5 Å². The summed E-state index contributed by atoms with van der Waals surface area (Å²) in [4.78, 5) is 24.1. The minimum Gasteiger partial charge on any atom is -0.336 e. The lowest BCUT2D eigenvalue weighted by Gasteiger charge is -2.20. The highest BCUT2D eigenvalue weighted by Crippen LogP contribution is 2.21. The van der Waals surface area contributed by atoms with Crippen LogP contribution in [-0.4, -0.2) is 18.0 Å². The number of nitrogens with one attached hydrogen (secondary N) is 3. The molecule has 0 aliphatic heterocycles. The van der Waals surface area contributed by atoms with Crippen molar-refractivity contribution in [3.63, 3.8) is 0 Å². The Morgan fingerprint density at radius 1 is 0.846 bits per heavy atom. The molecule has 2 atom stereocenters. The molecular formula is C20H26N4O2. The summed E-state index contributed by atoms with van der Waals surface area (Å²) in [5.41, 5.74) is 8.42. The van der Waals surface area contributed by atoms with Gasteiger partial charge in [0.2, 0.25) is 5.91 Å². The Morgan fingerprint density at radius 3 is 1.92 bits per heavy atom. The molecule has 138 valence electrons. The zero-order chi connectivity index (χ0) is 19.1. The van der Waals surface area contributed by atoms with Crippen molar-refractivity contribution in [2.45, 2.75) is 32.9 Å². The molecule has 0 aliphatic rings. The molecule has 0 radical (unpaired) electrons. The van der Waals surface area contributed by atoms with Crippen molar-refractivity contribution in [1.29, 1.82) is 0 Å². The molecule has 2 unspecified atom stereocenters. The smallest absolute Gasteiger partial charge is 0.319 e. The lowest BCUT2D eigenvalue weighted by Crippen LogP contribution is -2.34. The molecule has 0 saturated heterocycles. The van der Waals surface area contributed by atoms with Crippen LogP contribution < -0.4 is 21.7 Å². The highest BCUT2D eigenvalue weighted by Gasteiger charge is 2.22. The van der Waals surface area contributed by atoms with Gasteiger partial charge in [-0.3, -0.25) is 4.79 Å². The van der Waals surface area contributed by atoms with Crippen molar-refractivity contribution in [3.8, 4) is 0 Å². The van der Waals surface area contributed by atoms with E-state index >= 15 is 0 Å². The van der Waals surface area contributed by atoms with Crippen molar-refractivity contribution in [3.05, 3.63) is 60.2 Å². The summed E-state index contributed by atoms with van der Waals surface area (Å²) in [5, 5.41) is 8.34. The quantitative estimate of drug-likeness (QED) is 0.639. The van der Waals surface area contributed by atoms with Gasteiger partial charge < -0.3 is 21.7 Å². The van der Waals surface area contributed by atoms with E-state index < -0.39 is 0 Å². The maximum absolute atomic E-state index is 12.4. The second kappa shape index (κ2) is 9.01. The van der Waals surface area contributed by atoms with Crippen LogP contribution in [-0.2, 0) is 4.79 Å². The normalized spacial score (nSPS) is 13.0. The van der Waals surface area contributed by atoms with Crippen LogP contribution in [0.25, 0.3) is 0 Å². The molecule has 6 nitrogen and oxygen atoms in total. The van der Waals surface area contributed by atoms with E-state index in [0.717, 1.165) is 5.56 Å². The van der Waals surface area contributed by atoms with E-state index in [-0.39, 0.29) is 29.9 Å². The van der Waals surface area contributed by atoms with Crippen molar-refractivity contribution < 1.29 is 9.59 Å².